The summed E-state index contributed by atoms with van der Waals surface area (Å²) < 4.78 is 1.61. The summed E-state index contributed by atoms with van der Waals surface area (Å²) in [5.74, 6) is 0. The molecule has 0 unspecified atom stereocenters. The molecule has 0 spiro atoms. The van der Waals surface area contributed by atoms with Crippen molar-refractivity contribution in [2.24, 2.45) is 20.5 Å². The highest BCUT2D eigenvalue weighted by Crippen LogP contribution is 2.31. The molecule has 0 radical (unpaired) electrons. The average molecular weight is 419 g/mol. The molecular weight excluding hydrogens is 388 g/mol. The van der Waals surface area contributed by atoms with Gasteiger partial charge in [0.15, 0.2) is 5.69 Å². The van der Waals surface area contributed by atoms with E-state index in [-0.39, 0.29) is 16.5 Å². The van der Waals surface area contributed by atoms with Gasteiger partial charge in [-0.2, -0.15) is 15.3 Å². The molecule has 0 atom stereocenters. The number of nitrogens with one attached hydrogen (secondary N) is 1. The van der Waals surface area contributed by atoms with E-state index >= 15 is 0 Å². The third kappa shape index (κ3) is 5.23. The zero-order valence-electron chi connectivity index (χ0n) is 19.3. The van der Waals surface area contributed by atoms with Crippen molar-refractivity contribution in [2.45, 2.75) is 59.4 Å². The number of aromatic amines is 1. The summed E-state index contributed by atoms with van der Waals surface area (Å²) >= 11 is 0. The molecule has 2 aromatic carbocycles. The first-order valence-corrected chi connectivity index (χ1v) is 10.3. The van der Waals surface area contributed by atoms with E-state index < -0.39 is 0 Å². The van der Waals surface area contributed by atoms with Crippen LogP contribution in [0.25, 0.3) is 0 Å². The number of hydrogen-bond donors (Lipinski definition) is 1. The fourth-order valence-corrected chi connectivity index (χ4v) is 3.04. The molecule has 0 saturated carbocycles. The topological polar surface area (TPSA) is 87.2 Å². The fourth-order valence-electron chi connectivity index (χ4n) is 3.04. The number of rotatable bonds is 4. The molecule has 7 nitrogen and oxygen atoms in total. The van der Waals surface area contributed by atoms with Gasteiger partial charge in [-0.1, -0.05) is 39.0 Å². The van der Waals surface area contributed by atoms with Crippen LogP contribution in [0.3, 0.4) is 0 Å². The number of H-pyrrole nitrogens is 1. The molecule has 0 amide bonds. The van der Waals surface area contributed by atoms with Crippen molar-refractivity contribution < 1.29 is 0 Å². The first-order chi connectivity index (χ1) is 14.5. The zero-order chi connectivity index (χ0) is 22.8. The average Bonchev–Trinajstić information content (AvgIpc) is 3.03. The van der Waals surface area contributed by atoms with Gasteiger partial charge in [0.2, 0.25) is 0 Å². The van der Waals surface area contributed by atoms with Crippen LogP contribution in [0.15, 0.2) is 73.8 Å². The molecule has 7 heteroatoms. The predicted molar refractivity (Wildman–Crippen MR) is 125 cm³/mol. The number of azo groups is 2. The van der Waals surface area contributed by atoms with E-state index in [1.54, 1.807) is 4.68 Å². The highest BCUT2D eigenvalue weighted by molar-refractivity contribution is 5.54. The molecule has 1 heterocycles. The minimum Gasteiger partial charge on any atom is -0.296 e. The number of hydrogen-bond acceptors (Lipinski definition) is 5. The summed E-state index contributed by atoms with van der Waals surface area (Å²) in [6.07, 6.45) is 0. The van der Waals surface area contributed by atoms with Crippen molar-refractivity contribution in [2.75, 3.05) is 0 Å². The van der Waals surface area contributed by atoms with Crippen LogP contribution >= 0.6 is 0 Å². The van der Waals surface area contributed by atoms with E-state index in [2.05, 4.69) is 25.6 Å². The third-order valence-corrected chi connectivity index (χ3v) is 4.76. The molecule has 162 valence electrons. The lowest BCUT2D eigenvalue weighted by Gasteiger charge is -2.21. The minimum absolute atomic E-state index is 0.175. The fraction of sp³-hybridized carbons (Fsp3) is 0.375. The monoisotopic (exact) mass is 418 g/mol. The van der Waals surface area contributed by atoms with Gasteiger partial charge in [0.05, 0.1) is 28.3 Å². The van der Waals surface area contributed by atoms with Crippen LogP contribution < -0.4 is 5.56 Å². The van der Waals surface area contributed by atoms with Crippen molar-refractivity contribution in [3.8, 4) is 0 Å². The van der Waals surface area contributed by atoms with Gasteiger partial charge in [0, 0.05) is 5.41 Å². The maximum absolute atomic E-state index is 13.0. The lowest BCUT2D eigenvalue weighted by molar-refractivity contribution is 0.339. The summed E-state index contributed by atoms with van der Waals surface area (Å²) in [6.45, 7) is 14.0. The Hall–Kier alpha value is -3.35. The standard InChI is InChI=1S/C24H30N6O/c1-16-15-18(13-14-19(16)27-25-17-11-9-8-10-12-17)26-28-20-21(23(2,3)4)29-30(22(20)31)24(5,6)7/h8-15,29H,1-7H3. The first kappa shape index (κ1) is 22.3. The Labute approximate surface area is 182 Å². The SMILES string of the molecule is Cc1cc(N=Nc2c(C(C)(C)C)[nH]n(C(C)(C)C)c2=O)ccc1N=Nc1ccccc1. The smallest absolute Gasteiger partial charge is 0.295 e. The Morgan fingerprint density at radius 2 is 1.45 bits per heavy atom. The minimum atomic E-state index is -0.382. The van der Waals surface area contributed by atoms with Crippen molar-refractivity contribution in [3.63, 3.8) is 0 Å². The molecule has 1 N–H and O–H groups in total. The summed E-state index contributed by atoms with van der Waals surface area (Å²) in [5, 5.41) is 20.5. The molecule has 0 bridgehead atoms. The molecule has 0 aliphatic carbocycles. The Morgan fingerprint density at radius 3 is 2.03 bits per heavy atom. The normalized spacial score (nSPS) is 12.9. The van der Waals surface area contributed by atoms with Crippen LogP contribution in [-0.2, 0) is 11.0 Å². The van der Waals surface area contributed by atoms with Gasteiger partial charge in [0.1, 0.15) is 0 Å². The van der Waals surface area contributed by atoms with Crippen LogP contribution in [0.5, 0.6) is 0 Å². The van der Waals surface area contributed by atoms with Crippen LogP contribution in [0.1, 0.15) is 52.8 Å². The molecule has 3 rings (SSSR count). The molecule has 1 aromatic heterocycles. The van der Waals surface area contributed by atoms with Crippen LogP contribution in [0.4, 0.5) is 22.7 Å². The maximum atomic E-state index is 13.0. The Bertz CT molecular complexity index is 1170. The molecule has 31 heavy (non-hydrogen) atoms. The van der Waals surface area contributed by atoms with E-state index in [0.29, 0.717) is 11.4 Å². The lowest BCUT2D eigenvalue weighted by atomic mass is 9.91. The molecular formula is C24H30N6O. The quantitative estimate of drug-likeness (QED) is 0.440. The van der Waals surface area contributed by atoms with Gasteiger partial charge in [-0.15, -0.1) is 5.11 Å². The van der Waals surface area contributed by atoms with Gasteiger partial charge in [-0.3, -0.25) is 9.89 Å². The van der Waals surface area contributed by atoms with Crippen molar-refractivity contribution >= 4 is 22.7 Å². The van der Waals surface area contributed by atoms with E-state index in [4.69, 9.17) is 0 Å². The van der Waals surface area contributed by atoms with Gasteiger partial charge in [0.25, 0.3) is 5.56 Å². The van der Waals surface area contributed by atoms with Gasteiger partial charge < -0.3 is 0 Å². The zero-order valence-corrected chi connectivity index (χ0v) is 19.3. The highest BCUT2D eigenvalue weighted by Gasteiger charge is 2.28. The maximum Gasteiger partial charge on any atom is 0.295 e. The van der Waals surface area contributed by atoms with E-state index in [9.17, 15) is 4.79 Å². The van der Waals surface area contributed by atoms with Crippen molar-refractivity contribution in [1.29, 1.82) is 0 Å². The second-order valence-electron chi connectivity index (χ2n) is 9.60. The summed E-state index contributed by atoms with van der Waals surface area (Å²) in [4.78, 5) is 13.0. The van der Waals surface area contributed by atoms with Crippen LogP contribution in [-0.4, -0.2) is 9.78 Å². The molecule has 0 saturated heterocycles. The van der Waals surface area contributed by atoms with Crippen molar-refractivity contribution in [3.05, 3.63) is 70.1 Å². The van der Waals surface area contributed by atoms with Gasteiger partial charge in [-0.05, 0) is 63.6 Å². The van der Waals surface area contributed by atoms with Gasteiger partial charge >= 0.3 is 0 Å². The lowest BCUT2D eigenvalue weighted by Crippen LogP contribution is -2.32. The number of nitrogens with zero attached hydrogens (tertiary/aromatic N) is 5. The molecule has 3 aromatic rings. The van der Waals surface area contributed by atoms with Crippen LogP contribution in [0, 0.1) is 6.92 Å². The molecule has 0 aliphatic rings. The number of benzene rings is 2. The summed E-state index contributed by atoms with van der Waals surface area (Å²) in [5.41, 5.74) is 3.40. The Morgan fingerprint density at radius 1 is 0.806 bits per heavy atom. The van der Waals surface area contributed by atoms with E-state index in [1.807, 2.05) is 97.0 Å². The Balaban J connectivity index is 1.92. The third-order valence-electron chi connectivity index (χ3n) is 4.76. The summed E-state index contributed by atoms with van der Waals surface area (Å²) in [6, 6.07) is 15.1. The second-order valence-corrected chi connectivity index (χ2v) is 9.60. The van der Waals surface area contributed by atoms with Crippen molar-refractivity contribution in [1.82, 2.24) is 9.78 Å². The van der Waals surface area contributed by atoms with Crippen LogP contribution in [0.2, 0.25) is 0 Å². The first-order valence-electron chi connectivity index (χ1n) is 10.3. The number of aromatic nitrogens is 2. The largest absolute Gasteiger partial charge is 0.296 e. The molecule has 0 fully saturated rings. The van der Waals surface area contributed by atoms with E-state index in [0.717, 1.165) is 22.6 Å². The molecule has 0 aliphatic heterocycles. The van der Waals surface area contributed by atoms with Gasteiger partial charge in [-0.25, -0.2) is 4.68 Å². The summed E-state index contributed by atoms with van der Waals surface area (Å²) in [7, 11) is 0. The Kier molecular flexibility index (Phi) is 6.06. The number of aryl methyl sites for hydroxylation is 1. The second kappa shape index (κ2) is 8.41. The van der Waals surface area contributed by atoms with E-state index in [1.165, 1.54) is 0 Å². The highest BCUT2D eigenvalue weighted by atomic mass is 16.1. The predicted octanol–water partition coefficient (Wildman–Crippen LogP) is 7.37.